The van der Waals surface area contributed by atoms with Crippen LogP contribution in [-0.4, -0.2) is 21.6 Å². The Balaban J connectivity index is 2.34. The van der Waals surface area contributed by atoms with Crippen molar-refractivity contribution in [3.05, 3.63) is 0 Å². The first kappa shape index (κ1) is 11.9. The molecule has 0 aromatic carbocycles. The van der Waals surface area contributed by atoms with E-state index < -0.39 is 0 Å². The summed E-state index contributed by atoms with van der Waals surface area (Å²) in [5.41, 5.74) is 1.75. The van der Waals surface area contributed by atoms with Crippen molar-refractivity contribution in [3.63, 3.8) is 0 Å². The molecule has 82 valence electrons. The summed E-state index contributed by atoms with van der Waals surface area (Å²) in [5.74, 6) is -0.247. The van der Waals surface area contributed by atoms with Gasteiger partial charge in [0.25, 0.3) is 5.91 Å². The van der Waals surface area contributed by atoms with Gasteiger partial charge < -0.3 is 0 Å². The molecular formula is C10H19NO2S. The van der Waals surface area contributed by atoms with E-state index in [1.54, 1.807) is 17.2 Å². The quantitative estimate of drug-likeness (QED) is 0.561. The summed E-state index contributed by atoms with van der Waals surface area (Å²) in [7, 11) is 0. The second-order valence-corrected chi connectivity index (χ2v) is 5.28. The highest BCUT2D eigenvalue weighted by Gasteiger charge is 2.22. The number of hydroxylamine groups is 1. The third kappa shape index (κ3) is 3.50. The van der Waals surface area contributed by atoms with Crippen LogP contribution in [-0.2, 0) is 4.79 Å². The van der Waals surface area contributed by atoms with Gasteiger partial charge in [0.1, 0.15) is 0 Å². The third-order valence-corrected chi connectivity index (χ3v) is 4.41. The number of carbonyl (C=O) groups excluding carboxylic acids is 1. The molecule has 1 atom stereocenters. The van der Waals surface area contributed by atoms with Gasteiger partial charge in [0.2, 0.25) is 0 Å². The van der Waals surface area contributed by atoms with Gasteiger partial charge in [-0.05, 0) is 19.3 Å². The Morgan fingerprint density at radius 1 is 1.50 bits per heavy atom. The predicted molar refractivity (Wildman–Crippen MR) is 58.5 cm³/mol. The number of amides is 1. The maximum atomic E-state index is 11.2. The van der Waals surface area contributed by atoms with Gasteiger partial charge >= 0.3 is 0 Å². The van der Waals surface area contributed by atoms with E-state index in [1.807, 2.05) is 6.92 Å². The van der Waals surface area contributed by atoms with Crippen LogP contribution in [0.1, 0.15) is 45.4 Å². The minimum Gasteiger partial charge on any atom is -0.289 e. The average Bonchev–Trinajstić information content (AvgIpc) is 2.26. The van der Waals surface area contributed by atoms with E-state index in [-0.39, 0.29) is 11.2 Å². The predicted octanol–water partition coefficient (Wildman–Crippen LogP) is 2.34. The fraction of sp³-hybridized carbons (Fsp3) is 0.900. The summed E-state index contributed by atoms with van der Waals surface area (Å²) in [6.07, 6.45) is 7.14. The summed E-state index contributed by atoms with van der Waals surface area (Å²) in [6.45, 7) is 1.98. The van der Waals surface area contributed by atoms with Crippen LogP contribution >= 0.6 is 11.8 Å². The van der Waals surface area contributed by atoms with Crippen LogP contribution in [0.3, 0.4) is 0 Å². The summed E-state index contributed by atoms with van der Waals surface area (Å²) < 4.78 is 0. The van der Waals surface area contributed by atoms with Crippen molar-refractivity contribution in [2.24, 2.45) is 0 Å². The summed E-state index contributed by atoms with van der Waals surface area (Å²) in [4.78, 5) is 11.2. The van der Waals surface area contributed by atoms with Crippen LogP contribution < -0.4 is 5.48 Å². The molecule has 0 aromatic rings. The van der Waals surface area contributed by atoms with E-state index in [4.69, 9.17) is 5.21 Å². The van der Waals surface area contributed by atoms with Gasteiger partial charge in [-0.1, -0.05) is 26.2 Å². The molecule has 0 spiro atoms. The van der Waals surface area contributed by atoms with Crippen molar-refractivity contribution >= 4 is 17.7 Å². The van der Waals surface area contributed by atoms with Crippen LogP contribution in [0.25, 0.3) is 0 Å². The monoisotopic (exact) mass is 217 g/mol. The Bertz CT molecular complexity index is 181. The molecule has 0 aliphatic heterocycles. The molecule has 0 saturated heterocycles. The Kier molecular flexibility index (Phi) is 5.33. The number of carbonyl (C=O) groups is 1. The van der Waals surface area contributed by atoms with Crippen LogP contribution in [0.4, 0.5) is 0 Å². The zero-order chi connectivity index (χ0) is 10.4. The summed E-state index contributed by atoms with van der Waals surface area (Å²) in [5, 5.41) is 9.09. The van der Waals surface area contributed by atoms with Crippen molar-refractivity contribution in [3.8, 4) is 0 Å². The molecular weight excluding hydrogens is 198 g/mol. The first-order valence-corrected chi connectivity index (χ1v) is 6.31. The zero-order valence-electron chi connectivity index (χ0n) is 8.66. The van der Waals surface area contributed by atoms with Gasteiger partial charge in [0.15, 0.2) is 0 Å². The van der Waals surface area contributed by atoms with Crippen LogP contribution in [0.5, 0.6) is 0 Å². The highest BCUT2D eigenvalue weighted by atomic mass is 32.2. The summed E-state index contributed by atoms with van der Waals surface area (Å²) in [6, 6.07) is 0. The minimum absolute atomic E-state index is 0.0805. The molecule has 1 saturated carbocycles. The lowest BCUT2D eigenvalue weighted by Crippen LogP contribution is -2.31. The minimum atomic E-state index is -0.247. The van der Waals surface area contributed by atoms with E-state index in [0.717, 1.165) is 6.42 Å². The Labute approximate surface area is 89.6 Å². The molecule has 0 heterocycles. The lowest BCUT2D eigenvalue weighted by Gasteiger charge is -2.24. The van der Waals surface area contributed by atoms with Gasteiger partial charge in [-0.15, -0.1) is 11.8 Å². The van der Waals surface area contributed by atoms with Crippen molar-refractivity contribution in [1.29, 1.82) is 0 Å². The zero-order valence-corrected chi connectivity index (χ0v) is 9.48. The molecule has 1 aliphatic rings. The van der Waals surface area contributed by atoms with Crippen molar-refractivity contribution in [2.75, 3.05) is 0 Å². The van der Waals surface area contributed by atoms with Crippen LogP contribution in [0.2, 0.25) is 0 Å². The molecule has 0 aromatic heterocycles. The van der Waals surface area contributed by atoms with E-state index in [9.17, 15) is 4.79 Å². The Hall–Kier alpha value is -0.220. The smallest absolute Gasteiger partial charge is 0.256 e. The normalized spacial score (nSPS) is 20.4. The molecule has 3 nitrogen and oxygen atoms in total. The number of hydrogen-bond donors (Lipinski definition) is 2. The molecule has 14 heavy (non-hydrogen) atoms. The topological polar surface area (TPSA) is 49.3 Å². The molecule has 1 amide bonds. The first-order chi connectivity index (χ1) is 6.77. The Morgan fingerprint density at radius 2 is 2.14 bits per heavy atom. The SMILES string of the molecule is CCC(SC1CCCCC1)C(=O)NO. The number of thioether (sulfide) groups is 1. The maximum absolute atomic E-state index is 11.2. The lowest BCUT2D eigenvalue weighted by molar-refractivity contribution is -0.128. The van der Waals surface area contributed by atoms with Gasteiger partial charge in [-0.3, -0.25) is 10.0 Å². The van der Waals surface area contributed by atoms with Crippen LogP contribution in [0.15, 0.2) is 0 Å². The standard InChI is InChI=1S/C10H19NO2S/c1-2-9(10(12)11-13)14-8-6-4-3-5-7-8/h8-9,13H,2-7H2,1H3,(H,11,12). The van der Waals surface area contributed by atoms with Gasteiger partial charge in [-0.2, -0.15) is 0 Å². The highest BCUT2D eigenvalue weighted by molar-refractivity contribution is 8.01. The fourth-order valence-electron chi connectivity index (χ4n) is 1.85. The third-order valence-electron chi connectivity index (χ3n) is 2.68. The highest BCUT2D eigenvalue weighted by Crippen LogP contribution is 2.32. The second kappa shape index (κ2) is 6.30. The molecule has 2 N–H and O–H groups in total. The fourth-order valence-corrected chi connectivity index (χ4v) is 3.29. The molecule has 1 rings (SSSR count). The first-order valence-electron chi connectivity index (χ1n) is 5.37. The van der Waals surface area contributed by atoms with Gasteiger partial charge in [0.05, 0.1) is 5.25 Å². The van der Waals surface area contributed by atoms with Gasteiger partial charge in [0, 0.05) is 5.25 Å². The lowest BCUT2D eigenvalue weighted by atomic mass is 10.0. The van der Waals surface area contributed by atoms with Crippen molar-refractivity contribution < 1.29 is 10.0 Å². The number of hydrogen-bond acceptors (Lipinski definition) is 3. The molecule has 0 bridgehead atoms. The average molecular weight is 217 g/mol. The molecule has 1 fully saturated rings. The summed E-state index contributed by atoms with van der Waals surface area (Å²) >= 11 is 1.73. The Morgan fingerprint density at radius 3 is 2.64 bits per heavy atom. The molecule has 4 heteroatoms. The largest absolute Gasteiger partial charge is 0.289 e. The van der Waals surface area contributed by atoms with Crippen molar-refractivity contribution in [1.82, 2.24) is 5.48 Å². The van der Waals surface area contributed by atoms with Crippen molar-refractivity contribution in [2.45, 2.75) is 55.9 Å². The molecule has 1 unspecified atom stereocenters. The maximum Gasteiger partial charge on any atom is 0.256 e. The second-order valence-electron chi connectivity index (χ2n) is 3.77. The van der Waals surface area contributed by atoms with E-state index in [0.29, 0.717) is 5.25 Å². The van der Waals surface area contributed by atoms with Gasteiger partial charge in [-0.25, -0.2) is 5.48 Å². The van der Waals surface area contributed by atoms with E-state index >= 15 is 0 Å². The number of rotatable bonds is 4. The number of nitrogens with one attached hydrogen (secondary N) is 1. The van der Waals surface area contributed by atoms with E-state index in [1.165, 1.54) is 32.1 Å². The van der Waals surface area contributed by atoms with Crippen LogP contribution in [0, 0.1) is 0 Å². The van der Waals surface area contributed by atoms with E-state index in [2.05, 4.69) is 0 Å². The molecule has 0 radical (unpaired) electrons. The molecule has 1 aliphatic carbocycles.